The monoisotopic (exact) mass is 846 g/mol. The van der Waals surface area contributed by atoms with Crippen LogP contribution in [-0.2, 0) is 45.5 Å². The van der Waals surface area contributed by atoms with E-state index in [1.54, 1.807) is 6.08 Å². The van der Waals surface area contributed by atoms with E-state index in [1.165, 1.54) is 24.0 Å². The summed E-state index contributed by atoms with van der Waals surface area (Å²) in [5, 5.41) is 9.84. The fourth-order valence-corrected chi connectivity index (χ4v) is 6.67. The Balaban J connectivity index is 2.31. The lowest BCUT2D eigenvalue weighted by molar-refractivity contribution is -0.161. The lowest BCUT2D eigenvalue weighted by Crippen LogP contribution is -2.29. The maximum Gasteiger partial charge on any atom is 0.472 e. The van der Waals surface area contributed by atoms with Gasteiger partial charge in [-0.1, -0.05) is 125 Å². The molecular weight excluding hydrogens is 769 g/mol. The molecule has 0 amide bonds. The van der Waals surface area contributed by atoms with Crippen LogP contribution in [0.25, 0.3) is 0 Å². The summed E-state index contributed by atoms with van der Waals surface area (Å²) in [6.07, 6.45) is 38.4. The van der Waals surface area contributed by atoms with Crippen LogP contribution in [0.3, 0.4) is 0 Å². The Labute approximate surface area is 355 Å². The summed E-state index contributed by atoms with van der Waals surface area (Å²) in [5.41, 5.74) is 7.95. The third kappa shape index (κ3) is 29.5. The van der Waals surface area contributed by atoms with Crippen molar-refractivity contribution in [3.63, 3.8) is 0 Å². The van der Waals surface area contributed by atoms with Gasteiger partial charge in [-0.25, -0.2) is 4.57 Å². The van der Waals surface area contributed by atoms with E-state index in [-0.39, 0.29) is 32.6 Å². The van der Waals surface area contributed by atoms with Crippen LogP contribution in [0, 0.1) is 13.8 Å². The van der Waals surface area contributed by atoms with E-state index in [4.69, 9.17) is 28.7 Å². The van der Waals surface area contributed by atoms with Crippen molar-refractivity contribution in [3.8, 4) is 0 Å². The molecule has 11 nitrogen and oxygen atoms in total. The number of esters is 2. The molecule has 3 atom stereocenters. The van der Waals surface area contributed by atoms with Crippen LogP contribution in [0.4, 0.5) is 0 Å². The Morgan fingerprint density at radius 2 is 1.34 bits per heavy atom. The van der Waals surface area contributed by atoms with Crippen LogP contribution in [-0.4, -0.2) is 60.5 Å². The number of carbonyl (C=O) groups is 2. The predicted octanol–water partition coefficient (Wildman–Crippen LogP) is 10.9. The number of allylic oxidation sites excluding steroid dienone is 10. The zero-order valence-corrected chi connectivity index (χ0v) is 37.4. The number of hydrogen-bond donors (Lipinski definition) is 3. The number of rotatable bonds is 36. The van der Waals surface area contributed by atoms with Crippen molar-refractivity contribution in [3.05, 3.63) is 95.6 Å². The number of aliphatic hydroxyl groups excluding tert-OH is 1. The molecule has 1 aromatic heterocycles. The van der Waals surface area contributed by atoms with Crippen molar-refractivity contribution < 1.29 is 47.1 Å². The fraction of sp³-hybridized carbons (Fsp3) is 0.617. The summed E-state index contributed by atoms with van der Waals surface area (Å²) >= 11 is 0. The molecule has 1 heterocycles. The maximum atomic E-state index is 12.6. The van der Waals surface area contributed by atoms with Crippen molar-refractivity contribution in [1.82, 2.24) is 0 Å². The van der Waals surface area contributed by atoms with Gasteiger partial charge >= 0.3 is 19.8 Å². The zero-order chi connectivity index (χ0) is 43.4. The highest BCUT2D eigenvalue weighted by Crippen LogP contribution is 2.43. The molecule has 0 fully saturated rings. The first-order valence-electron chi connectivity index (χ1n) is 21.9. The van der Waals surface area contributed by atoms with Gasteiger partial charge in [-0.15, -0.1) is 0 Å². The molecule has 0 spiro atoms. The van der Waals surface area contributed by atoms with Gasteiger partial charge in [-0.05, 0) is 82.8 Å². The molecule has 4 N–H and O–H groups in total. The topological polar surface area (TPSA) is 168 Å². The smallest absolute Gasteiger partial charge is 0.466 e. The average Bonchev–Trinajstić information content (AvgIpc) is 3.48. The second kappa shape index (κ2) is 35.4. The Morgan fingerprint density at radius 3 is 1.98 bits per heavy atom. The average molecular weight is 846 g/mol. The van der Waals surface area contributed by atoms with Crippen LogP contribution >= 0.6 is 7.82 Å². The molecule has 12 heteroatoms. The van der Waals surface area contributed by atoms with Crippen molar-refractivity contribution in [2.75, 3.05) is 26.4 Å². The van der Waals surface area contributed by atoms with Gasteiger partial charge in [0.25, 0.3) is 0 Å². The molecule has 0 aliphatic heterocycles. The van der Waals surface area contributed by atoms with Crippen LogP contribution < -0.4 is 5.73 Å². The maximum absolute atomic E-state index is 12.6. The highest BCUT2D eigenvalue weighted by atomic mass is 31.2. The highest BCUT2D eigenvalue weighted by Gasteiger charge is 2.26. The Kier molecular flexibility index (Phi) is 32.3. The molecule has 0 saturated heterocycles. The van der Waals surface area contributed by atoms with Crippen molar-refractivity contribution >= 4 is 19.8 Å². The molecule has 0 aliphatic rings. The summed E-state index contributed by atoms with van der Waals surface area (Å²) in [6, 6.07) is 0. The summed E-state index contributed by atoms with van der Waals surface area (Å²) < 4.78 is 38.8. The second-order valence-electron chi connectivity index (χ2n) is 14.6. The molecule has 2 unspecified atom stereocenters. The zero-order valence-electron chi connectivity index (χ0n) is 36.5. The minimum absolute atomic E-state index is 0.0275. The Hall–Kier alpha value is -3.31. The Bertz CT molecular complexity index is 1490. The van der Waals surface area contributed by atoms with Crippen molar-refractivity contribution in [2.45, 2.75) is 162 Å². The number of unbranched alkanes of at least 4 members (excludes halogenated alkanes) is 7. The van der Waals surface area contributed by atoms with E-state index in [2.05, 4.69) is 52.0 Å². The lowest BCUT2D eigenvalue weighted by Gasteiger charge is -2.19. The first kappa shape index (κ1) is 53.7. The summed E-state index contributed by atoms with van der Waals surface area (Å²) in [7, 11) is -4.42. The number of aryl methyl sites for hydroxylation is 2. The molecule has 334 valence electrons. The van der Waals surface area contributed by atoms with Crippen molar-refractivity contribution in [1.29, 1.82) is 0 Å². The molecule has 0 radical (unpaired) electrons. The highest BCUT2D eigenvalue weighted by molar-refractivity contribution is 7.47. The molecular formula is C47H76NO10P. The van der Waals surface area contributed by atoms with Gasteiger partial charge in [0.05, 0.1) is 19.3 Å². The number of aliphatic hydroxyl groups is 1. The normalized spacial score (nSPS) is 14.5. The van der Waals surface area contributed by atoms with Gasteiger partial charge in [0.2, 0.25) is 0 Å². The van der Waals surface area contributed by atoms with Crippen LogP contribution in [0.5, 0.6) is 0 Å². The molecule has 1 rings (SSSR count). The number of ether oxygens (including phenoxy) is 2. The molecule has 0 aromatic carbocycles. The van der Waals surface area contributed by atoms with Gasteiger partial charge in [0.15, 0.2) is 6.10 Å². The molecule has 0 saturated carbocycles. The van der Waals surface area contributed by atoms with Gasteiger partial charge in [-0.2, -0.15) is 0 Å². The fourth-order valence-electron chi connectivity index (χ4n) is 5.91. The Morgan fingerprint density at radius 1 is 0.729 bits per heavy atom. The van der Waals surface area contributed by atoms with Gasteiger partial charge in [0.1, 0.15) is 18.1 Å². The van der Waals surface area contributed by atoms with Gasteiger partial charge in [-0.3, -0.25) is 18.6 Å². The molecule has 1 aromatic rings. The molecule has 0 bridgehead atoms. The van der Waals surface area contributed by atoms with E-state index in [9.17, 15) is 24.2 Å². The van der Waals surface area contributed by atoms with Crippen LogP contribution in [0.1, 0.15) is 146 Å². The number of furan rings is 1. The van der Waals surface area contributed by atoms with E-state index in [1.807, 2.05) is 42.5 Å². The number of hydrogen-bond acceptors (Lipinski definition) is 10. The largest absolute Gasteiger partial charge is 0.472 e. The first-order valence-corrected chi connectivity index (χ1v) is 23.4. The van der Waals surface area contributed by atoms with E-state index >= 15 is 0 Å². The molecule has 59 heavy (non-hydrogen) atoms. The standard InChI is InChI=1S/C47H76NO10P/c1-5-7-25-31-42(49)32-26-21-17-13-11-9-8-10-12-14-19-23-28-34-46(50)54-38-43(39-56-59(52,53)55-37-36-48)57-47(51)35-29-24-20-16-15-18-22-27-33-45-41(4)40(3)44(58-45)30-6-2/h7,9-12,17,19,21,23,25-26,32,42-43,49H,5-6,8,13-16,18,20,22,24,27-31,33-39,48H2,1-4H3,(H,52,53)/b11-9-,12-10-,21-17+,23-19-,25-7-,32-26+/t42?,43-/m1/s1. The van der Waals surface area contributed by atoms with E-state index < -0.39 is 38.6 Å². The third-order valence-electron chi connectivity index (χ3n) is 9.37. The lowest BCUT2D eigenvalue weighted by atomic mass is 10.0. The number of phosphoric ester groups is 1. The number of nitrogens with two attached hydrogens (primary N) is 1. The first-order chi connectivity index (χ1) is 28.5. The van der Waals surface area contributed by atoms with Crippen LogP contribution in [0.2, 0.25) is 0 Å². The third-order valence-corrected chi connectivity index (χ3v) is 10.4. The number of phosphoric acid groups is 1. The molecule has 0 aliphatic carbocycles. The van der Waals surface area contributed by atoms with Gasteiger partial charge in [0, 0.05) is 32.2 Å². The van der Waals surface area contributed by atoms with E-state index in [0.717, 1.165) is 88.6 Å². The number of carbonyl (C=O) groups excluding carboxylic acids is 2. The van der Waals surface area contributed by atoms with E-state index in [0.29, 0.717) is 19.3 Å². The second-order valence-corrected chi connectivity index (χ2v) is 16.1. The minimum Gasteiger partial charge on any atom is -0.466 e. The quantitative estimate of drug-likeness (QED) is 0.0193. The summed E-state index contributed by atoms with van der Waals surface area (Å²) in [5.74, 6) is 1.29. The SMILES string of the molecule is CC/C=C\CC(O)/C=C/C=C/C/C=C\C/C=C\C/C=C\CCC(=O)OC[C@H](COP(=O)(O)OCCN)OC(=O)CCCCCCCCCCc1oc(CCC)c(C)c1C. The predicted molar refractivity (Wildman–Crippen MR) is 238 cm³/mol. The summed E-state index contributed by atoms with van der Waals surface area (Å²) in [4.78, 5) is 34.9. The minimum atomic E-state index is -4.42. The van der Waals surface area contributed by atoms with Gasteiger partial charge < -0.3 is 29.6 Å². The van der Waals surface area contributed by atoms with Crippen LogP contribution in [0.15, 0.2) is 77.3 Å². The van der Waals surface area contributed by atoms with Crippen molar-refractivity contribution in [2.24, 2.45) is 5.73 Å². The summed E-state index contributed by atoms with van der Waals surface area (Å²) in [6.45, 7) is 7.61.